The van der Waals surface area contributed by atoms with E-state index >= 15 is 0 Å². The molecule has 7 heteroatoms. The van der Waals surface area contributed by atoms with Gasteiger partial charge in [0.15, 0.2) is 0 Å². The Morgan fingerprint density at radius 2 is 1.92 bits per heavy atom. The minimum atomic E-state index is 0.0158. The number of nitrogens with zero attached hydrogens (tertiary/aromatic N) is 4. The van der Waals surface area contributed by atoms with Crippen LogP contribution in [0.4, 0.5) is 11.6 Å². The van der Waals surface area contributed by atoms with Crippen molar-refractivity contribution in [2.24, 2.45) is 0 Å². The number of hydrogen-bond acceptors (Lipinski definition) is 6. The topological polar surface area (TPSA) is 70.6 Å². The van der Waals surface area contributed by atoms with Crippen molar-refractivity contribution in [1.29, 1.82) is 0 Å². The van der Waals surface area contributed by atoms with Gasteiger partial charge in [-0.05, 0) is 18.2 Å². The van der Waals surface area contributed by atoms with Gasteiger partial charge in [0.25, 0.3) is 0 Å². The number of carbonyl (C=O) groups excluding carboxylic acids is 1. The van der Waals surface area contributed by atoms with E-state index in [9.17, 15) is 4.79 Å². The van der Waals surface area contributed by atoms with Gasteiger partial charge in [-0.2, -0.15) is 0 Å². The predicted octanol–water partition coefficient (Wildman–Crippen LogP) is 1.64. The normalized spacial score (nSPS) is 15.0. The molecule has 3 rings (SSSR count). The van der Waals surface area contributed by atoms with E-state index in [1.807, 2.05) is 30.3 Å². The molecule has 1 saturated heterocycles. The number of rotatable bonds is 6. The summed E-state index contributed by atoms with van der Waals surface area (Å²) in [4.78, 5) is 25.2. The van der Waals surface area contributed by atoms with Gasteiger partial charge in [-0.25, -0.2) is 9.97 Å². The quantitative estimate of drug-likeness (QED) is 0.861. The van der Waals surface area contributed by atoms with Gasteiger partial charge in [-0.1, -0.05) is 6.07 Å². The Morgan fingerprint density at radius 1 is 1.16 bits per heavy atom. The SMILES string of the molecule is COc1cccc(NC(=O)CCN2CCN(c3ncccn3)CC2)c1. The van der Waals surface area contributed by atoms with Gasteiger partial charge in [0, 0.05) is 63.3 Å². The summed E-state index contributed by atoms with van der Waals surface area (Å²) in [5.41, 5.74) is 0.760. The van der Waals surface area contributed by atoms with E-state index in [0.717, 1.165) is 50.1 Å². The maximum atomic E-state index is 12.1. The van der Waals surface area contributed by atoms with Crippen molar-refractivity contribution in [2.45, 2.75) is 6.42 Å². The van der Waals surface area contributed by atoms with Crippen LogP contribution < -0.4 is 15.0 Å². The molecule has 1 aliphatic heterocycles. The number of nitrogens with one attached hydrogen (secondary N) is 1. The standard InChI is InChI=1S/C18H23N5O2/c1-25-16-5-2-4-15(14-16)21-17(24)6-9-22-10-12-23(13-11-22)18-19-7-3-8-20-18/h2-5,7-8,14H,6,9-13H2,1H3,(H,21,24). The van der Waals surface area contributed by atoms with Crippen LogP contribution >= 0.6 is 0 Å². The molecule has 0 spiro atoms. The second-order valence-electron chi connectivity index (χ2n) is 5.91. The molecule has 1 aliphatic rings. The maximum absolute atomic E-state index is 12.1. The first-order valence-electron chi connectivity index (χ1n) is 8.43. The van der Waals surface area contributed by atoms with Crippen LogP contribution in [0.15, 0.2) is 42.7 Å². The molecule has 132 valence electrons. The van der Waals surface area contributed by atoms with Crippen molar-refractivity contribution in [3.63, 3.8) is 0 Å². The van der Waals surface area contributed by atoms with E-state index in [-0.39, 0.29) is 5.91 Å². The first-order valence-corrected chi connectivity index (χ1v) is 8.43. The van der Waals surface area contributed by atoms with Gasteiger partial charge in [0.2, 0.25) is 11.9 Å². The molecule has 25 heavy (non-hydrogen) atoms. The van der Waals surface area contributed by atoms with Gasteiger partial charge in [-0.15, -0.1) is 0 Å². The van der Waals surface area contributed by atoms with Crippen molar-refractivity contribution in [3.05, 3.63) is 42.7 Å². The molecule has 0 aliphatic carbocycles. The smallest absolute Gasteiger partial charge is 0.225 e. The highest BCUT2D eigenvalue weighted by atomic mass is 16.5. The van der Waals surface area contributed by atoms with Gasteiger partial charge < -0.3 is 15.0 Å². The largest absolute Gasteiger partial charge is 0.497 e. The van der Waals surface area contributed by atoms with Gasteiger partial charge in [0.05, 0.1) is 7.11 Å². The molecule has 1 N–H and O–H groups in total. The minimum absolute atomic E-state index is 0.0158. The predicted molar refractivity (Wildman–Crippen MR) is 96.9 cm³/mol. The van der Waals surface area contributed by atoms with Crippen molar-refractivity contribution in [3.8, 4) is 5.75 Å². The molecule has 0 bridgehead atoms. The molecule has 1 amide bonds. The summed E-state index contributed by atoms with van der Waals surface area (Å²) >= 11 is 0. The average molecular weight is 341 g/mol. The minimum Gasteiger partial charge on any atom is -0.497 e. The summed E-state index contributed by atoms with van der Waals surface area (Å²) in [5.74, 6) is 1.53. The lowest BCUT2D eigenvalue weighted by Gasteiger charge is -2.34. The number of amides is 1. The molecule has 1 aromatic carbocycles. The van der Waals surface area contributed by atoms with E-state index in [1.54, 1.807) is 19.5 Å². The number of hydrogen-bond donors (Lipinski definition) is 1. The van der Waals surface area contributed by atoms with E-state index in [4.69, 9.17) is 4.74 Å². The van der Waals surface area contributed by atoms with Crippen LogP contribution in [0.25, 0.3) is 0 Å². The van der Waals surface area contributed by atoms with Crippen LogP contribution in [0.1, 0.15) is 6.42 Å². The van der Waals surface area contributed by atoms with Crippen LogP contribution in [0.2, 0.25) is 0 Å². The number of piperazine rings is 1. The third-order valence-corrected chi connectivity index (χ3v) is 4.22. The number of benzene rings is 1. The monoisotopic (exact) mass is 341 g/mol. The van der Waals surface area contributed by atoms with E-state index in [1.165, 1.54) is 0 Å². The number of ether oxygens (including phenoxy) is 1. The second kappa shape index (κ2) is 8.43. The summed E-state index contributed by atoms with van der Waals surface area (Å²) in [6, 6.07) is 9.21. The highest BCUT2D eigenvalue weighted by Gasteiger charge is 2.19. The third kappa shape index (κ3) is 4.90. The Balaban J connectivity index is 1.41. The Kier molecular flexibility index (Phi) is 5.79. The summed E-state index contributed by atoms with van der Waals surface area (Å²) in [6.07, 6.45) is 3.99. The molecular formula is C18H23N5O2. The zero-order valence-corrected chi connectivity index (χ0v) is 14.4. The molecule has 1 fully saturated rings. The average Bonchev–Trinajstić information content (AvgIpc) is 2.67. The summed E-state index contributed by atoms with van der Waals surface area (Å²) < 4.78 is 5.16. The fourth-order valence-corrected chi connectivity index (χ4v) is 2.81. The third-order valence-electron chi connectivity index (χ3n) is 4.22. The lowest BCUT2D eigenvalue weighted by molar-refractivity contribution is -0.116. The van der Waals surface area contributed by atoms with Crippen LogP contribution in [0.3, 0.4) is 0 Å². The van der Waals surface area contributed by atoms with E-state index in [2.05, 4.69) is 25.1 Å². The Bertz CT molecular complexity index is 687. The zero-order valence-electron chi connectivity index (χ0n) is 14.4. The van der Waals surface area contributed by atoms with E-state index < -0.39 is 0 Å². The van der Waals surface area contributed by atoms with Gasteiger partial charge >= 0.3 is 0 Å². The zero-order chi connectivity index (χ0) is 17.5. The fraction of sp³-hybridized carbons (Fsp3) is 0.389. The molecule has 0 saturated carbocycles. The Labute approximate surface area is 147 Å². The molecule has 0 atom stereocenters. The summed E-state index contributed by atoms with van der Waals surface area (Å²) in [6.45, 7) is 4.32. The number of carbonyl (C=O) groups is 1. The maximum Gasteiger partial charge on any atom is 0.225 e. The van der Waals surface area contributed by atoms with E-state index in [0.29, 0.717) is 6.42 Å². The number of anilines is 2. The highest BCUT2D eigenvalue weighted by molar-refractivity contribution is 5.91. The summed E-state index contributed by atoms with van der Waals surface area (Å²) in [5, 5.41) is 2.91. The van der Waals surface area contributed by atoms with Crippen molar-refractivity contribution >= 4 is 17.5 Å². The summed E-state index contributed by atoms with van der Waals surface area (Å²) in [7, 11) is 1.61. The Hall–Kier alpha value is -2.67. The highest BCUT2D eigenvalue weighted by Crippen LogP contribution is 2.17. The number of methoxy groups -OCH3 is 1. The first-order chi connectivity index (χ1) is 12.2. The molecule has 0 unspecified atom stereocenters. The van der Waals surface area contributed by atoms with Crippen LogP contribution in [0.5, 0.6) is 5.75 Å². The van der Waals surface area contributed by atoms with Crippen LogP contribution in [0, 0.1) is 0 Å². The fourth-order valence-electron chi connectivity index (χ4n) is 2.81. The van der Waals surface area contributed by atoms with Crippen molar-refractivity contribution < 1.29 is 9.53 Å². The molecule has 1 aromatic heterocycles. The molecule has 7 nitrogen and oxygen atoms in total. The number of aromatic nitrogens is 2. The first kappa shape index (κ1) is 17.2. The second-order valence-corrected chi connectivity index (χ2v) is 5.91. The van der Waals surface area contributed by atoms with Crippen LogP contribution in [-0.2, 0) is 4.79 Å². The van der Waals surface area contributed by atoms with Crippen LogP contribution in [-0.4, -0.2) is 60.6 Å². The lowest BCUT2D eigenvalue weighted by atomic mass is 10.2. The Morgan fingerprint density at radius 3 is 2.64 bits per heavy atom. The molecule has 2 heterocycles. The molecular weight excluding hydrogens is 318 g/mol. The van der Waals surface area contributed by atoms with Crippen molar-refractivity contribution in [2.75, 3.05) is 50.1 Å². The van der Waals surface area contributed by atoms with Crippen molar-refractivity contribution in [1.82, 2.24) is 14.9 Å². The lowest BCUT2D eigenvalue weighted by Crippen LogP contribution is -2.47. The molecule has 2 aromatic rings. The van der Waals surface area contributed by atoms with Gasteiger partial charge in [0.1, 0.15) is 5.75 Å². The molecule has 0 radical (unpaired) electrons. The van der Waals surface area contributed by atoms with Gasteiger partial charge in [-0.3, -0.25) is 9.69 Å².